The second-order valence-electron chi connectivity index (χ2n) is 3.19. The lowest BCUT2D eigenvalue weighted by Crippen LogP contribution is -2.37. The van der Waals surface area contributed by atoms with Gasteiger partial charge in [0.1, 0.15) is 0 Å². The van der Waals surface area contributed by atoms with Crippen molar-refractivity contribution in [3.05, 3.63) is 0 Å². The van der Waals surface area contributed by atoms with Crippen LogP contribution in [-0.4, -0.2) is 29.3 Å². The third kappa shape index (κ3) is 4.64. The van der Waals surface area contributed by atoms with Crippen molar-refractivity contribution < 1.29 is 9.90 Å². The van der Waals surface area contributed by atoms with Gasteiger partial charge in [0.15, 0.2) is 5.78 Å². The highest BCUT2D eigenvalue weighted by Crippen LogP contribution is 2.13. The molecular weight excluding hydrogens is 186 g/mol. The smallest absolute Gasteiger partial charge is 0.153 e. The minimum Gasteiger partial charge on any atom is -0.396 e. The summed E-state index contributed by atoms with van der Waals surface area (Å²) >= 11 is 3.98. The maximum Gasteiger partial charge on any atom is 0.153 e. The number of aliphatic hydroxyl groups is 1. The van der Waals surface area contributed by atoms with Crippen LogP contribution in [-0.2, 0) is 4.79 Å². The summed E-state index contributed by atoms with van der Waals surface area (Å²) in [4.78, 5) is 11.6. The van der Waals surface area contributed by atoms with Gasteiger partial charge in [0, 0.05) is 18.3 Å². The predicted molar refractivity (Wildman–Crippen MR) is 56.9 cm³/mol. The minimum absolute atomic E-state index is 0.0332. The summed E-state index contributed by atoms with van der Waals surface area (Å²) < 4.78 is 0. The first-order valence-corrected chi connectivity index (χ1v) is 5.31. The Bertz CT molecular complexity index is 147. The van der Waals surface area contributed by atoms with E-state index in [0.717, 1.165) is 12.8 Å². The SMILES string of the molecule is CCCC(CCO)C(=O)C(N)CS. The van der Waals surface area contributed by atoms with Gasteiger partial charge in [-0.2, -0.15) is 12.6 Å². The molecule has 0 aliphatic heterocycles. The zero-order valence-corrected chi connectivity index (χ0v) is 8.96. The molecular formula is C9H19NO2S. The first kappa shape index (κ1) is 12.9. The molecule has 0 aromatic rings. The van der Waals surface area contributed by atoms with Crippen LogP contribution in [0.3, 0.4) is 0 Å². The van der Waals surface area contributed by atoms with Gasteiger partial charge in [-0.3, -0.25) is 4.79 Å². The van der Waals surface area contributed by atoms with Crippen LogP contribution in [0.4, 0.5) is 0 Å². The molecule has 3 nitrogen and oxygen atoms in total. The topological polar surface area (TPSA) is 63.3 Å². The molecule has 0 amide bonds. The normalized spacial score (nSPS) is 15.4. The van der Waals surface area contributed by atoms with Crippen LogP contribution in [0, 0.1) is 5.92 Å². The van der Waals surface area contributed by atoms with Gasteiger partial charge < -0.3 is 10.8 Å². The number of ketones is 1. The molecule has 2 unspecified atom stereocenters. The van der Waals surface area contributed by atoms with Crippen molar-refractivity contribution in [2.45, 2.75) is 32.2 Å². The molecule has 0 aromatic carbocycles. The highest BCUT2D eigenvalue weighted by Gasteiger charge is 2.21. The number of rotatable bonds is 7. The van der Waals surface area contributed by atoms with Gasteiger partial charge >= 0.3 is 0 Å². The molecule has 0 aromatic heterocycles. The van der Waals surface area contributed by atoms with Crippen molar-refractivity contribution in [3.63, 3.8) is 0 Å². The standard InChI is InChI=1S/C9H19NO2S/c1-2-3-7(4-5-11)9(12)8(10)6-13/h7-8,11,13H,2-6,10H2,1H3. The third-order valence-corrected chi connectivity index (χ3v) is 2.47. The number of hydrogen-bond donors (Lipinski definition) is 3. The fourth-order valence-corrected chi connectivity index (χ4v) is 1.51. The van der Waals surface area contributed by atoms with Crippen LogP contribution >= 0.6 is 12.6 Å². The van der Waals surface area contributed by atoms with E-state index in [1.807, 2.05) is 6.92 Å². The molecule has 4 heteroatoms. The van der Waals surface area contributed by atoms with Gasteiger partial charge in [-0.25, -0.2) is 0 Å². The summed E-state index contributed by atoms with van der Waals surface area (Å²) in [6, 6.07) is -0.480. The Labute approximate surface area is 85.1 Å². The molecule has 0 fully saturated rings. The third-order valence-electron chi connectivity index (χ3n) is 2.08. The Kier molecular flexibility index (Phi) is 7.32. The van der Waals surface area contributed by atoms with E-state index in [-0.39, 0.29) is 18.3 Å². The molecule has 0 heterocycles. The van der Waals surface area contributed by atoms with E-state index in [0.29, 0.717) is 12.2 Å². The van der Waals surface area contributed by atoms with E-state index in [4.69, 9.17) is 10.8 Å². The molecule has 0 saturated heterocycles. The number of carbonyl (C=O) groups excluding carboxylic acids is 1. The lowest BCUT2D eigenvalue weighted by Gasteiger charge is -2.16. The van der Waals surface area contributed by atoms with Crippen molar-refractivity contribution in [1.29, 1.82) is 0 Å². The van der Waals surface area contributed by atoms with E-state index >= 15 is 0 Å². The van der Waals surface area contributed by atoms with Gasteiger partial charge in [0.05, 0.1) is 6.04 Å². The van der Waals surface area contributed by atoms with Gasteiger partial charge in [-0.1, -0.05) is 13.3 Å². The summed E-state index contributed by atoms with van der Waals surface area (Å²) in [5.41, 5.74) is 5.57. The van der Waals surface area contributed by atoms with Crippen LogP contribution in [0.5, 0.6) is 0 Å². The molecule has 0 aliphatic rings. The summed E-state index contributed by atoms with van der Waals surface area (Å²) in [5, 5.41) is 8.75. The van der Waals surface area contributed by atoms with E-state index in [1.54, 1.807) is 0 Å². The average molecular weight is 205 g/mol. The molecule has 0 aliphatic carbocycles. The van der Waals surface area contributed by atoms with Gasteiger partial charge in [-0.15, -0.1) is 0 Å². The van der Waals surface area contributed by atoms with Gasteiger partial charge in [-0.05, 0) is 12.8 Å². The van der Waals surface area contributed by atoms with Crippen molar-refractivity contribution >= 4 is 18.4 Å². The summed E-state index contributed by atoms with van der Waals surface area (Å²) in [5.74, 6) is 0.327. The van der Waals surface area contributed by atoms with Crippen molar-refractivity contribution in [2.24, 2.45) is 11.7 Å². The van der Waals surface area contributed by atoms with Crippen molar-refractivity contribution in [3.8, 4) is 0 Å². The van der Waals surface area contributed by atoms with E-state index in [9.17, 15) is 4.79 Å². The van der Waals surface area contributed by atoms with E-state index < -0.39 is 6.04 Å². The molecule has 2 atom stereocenters. The summed E-state index contributed by atoms with van der Waals surface area (Å²) in [7, 11) is 0. The second kappa shape index (κ2) is 7.35. The average Bonchev–Trinajstić information content (AvgIpc) is 2.15. The van der Waals surface area contributed by atoms with E-state index in [1.165, 1.54) is 0 Å². The molecule has 0 bridgehead atoms. The van der Waals surface area contributed by atoms with Crippen LogP contribution in [0.25, 0.3) is 0 Å². The molecule has 3 N–H and O–H groups in total. The van der Waals surface area contributed by atoms with Crippen LogP contribution in [0.1, 0.15) is 26.2 Å². The highest BCUT2D eigenvalue weighted by molar-refractivity contribution is 7.80. The maximum atomic E-state index is 11.6. The number of Topliss-reactive ketones (excluding diaryl/α,β-unsaturated/α-hetero) is 1. The Morgan fingerprint density at radius 1 is 1.54 bits per heavy atom. The second-order valence-corrected chi connectivity index (χ2v) is 3.55. The van der Waals surface area contributed by atoms with E-state index in [2.05, 4.69) is 12.6 Å². The fraction of sp³-hybridized carbons (Fsp3) is 0.889. The van der Waals surface area contributed by atoms with Gasteiger partial charge in [0.2, 0.25) is 0 Å². The summed E-state index contributed by atoms with van der Waals surface area (Å²) in [6.07, 6.45) is 2.27. The first-order chi connectivity index (χ1) is 6.17. The quantitative estimate of drug-likeness (QED) is 0.534. The fourth-order valence-electron chi connectivity index (χ4n) is 1.33. The molecule has 0 saturated carbocycles. The summed E-state index contributed by atoms with van der Waals surface area (Å²) in [6.45, 7) is 2.07. The molecule has 78 valence electrons. The predicted octanol–water partition coefficient (Wildman–Crippen LogP) is 0.611. The Morgan fingerprint density at radius 3 is 2.54 bits per heavy atom. The number of aliphatic hydroxyl groups excluding tert-OH is 1. The van der Waals surface area contributed by atoms with Crippen LogP contribution in [0.15, 0.2) is 0 Å². The van der Waals surface area contributed by atoms with Crippen LogP contribution < -0.4 is 5.73 Å². The number of hydrogen-bond acceptors (Lipinski definition) is 4. The lowest BCUT2D eigenvalue weighted by atomic mass is 9.92. The number of nitrogens with two attached hydrogens (primary N) is 1. The zero-order valence-electron chi connectivity index (χ0n) is 8.07. The monoisotopic (exact) mass is 205 g/mol. The molecule has 0 rings (SSSR count). The lowest BCUT2D eigenvalue weighted by molar-refractivity contribution is -0.124. The zero-order chi connectivity index (χ0) is 10.3. The Hall–Kier alpha value is -0.0600. The van der Waals surface area contributed by atoms with Crippen molar-refractivity contribution in [2.75, 3.05) is 12.4 Å². The Morgan fingerprint density at radius 2 is 2.15 bits per heavy atom. The molecule has 0 radical (unpaired) electrons. The maximum absolute atomic E-state index is 11.6. The number of carbonyl (C=O) groups is 1. The van der Waals surface area contributed by atoms with Crippen molar-refractivity contribution in [1.82, 2.24) is 0 Å². The molecule has 0 spiro atoms. The molecule has 13 heavy (non-hydrogen) atoms. The largest absolute Gasteiger partial charge is 0.396 e. The van der Waals surface area contributed by atoms with Crippen LogP contribution in [0.2, 0.25) is 0 Å². The minimum atomic E-state index is -0.480. The highest BCUT2D eigenvalue weighted by atomic mass is 32.1. The Balaban J connectivity index is 4.09. The first-order valence-electron chi connectivity index (χ1n) is 4.68. The van der Waals surface area contributed by atoms with Gasteiger partial charge in [0.25, 0.3) is 0 Å². The number of thiol groups is 1.